The van der Waals surface area contributed by atoms with E-state index >= 15 is 0 Å². The minimum absolute atomic E-state index is 0.00396. The summed E-state index contributed by atoms with van der Waals surface area (Å²) in [5.41, 5.74) is 0. The summed E-state index contributed by atoms with van der Waals surface area (Å²) in [6, 6.07) is 10.2. The van der Waals surface area contributed by atoms with E-state index in [-0.39, 0.29) is 23.8 Å². The summed E-state index contributed by atoms with van der Waals surface area (Å²) >= 11 is 3.35. The van der Waals surface area contributed by atoms with Crippen molar-refractivity contribution in [3.05, 3.63) is 30.3 Å². The molecule has 0 spiro atoms. The molecule has 0 bridgehead atoms. The summed E-state index contributed by atoms with van der Waals surface area (Å²) in [4.78, 5) is 13.0. The minimum atomic E-state index is 0.00396. The lowest BCUT2D eigenvalue weighted by Gasteiger charge is -2.21. The first kappa shape index (κ1) is 17.4. The van der Waals surface area contributed by atoms with Crippen molar-refractivity contribution < 1.29 is 9.90 Å². The van der Waals surface area contributed by atoms with E-state index in [1.807, 2.05) is 31.4 Å². The highest BCUT2D eigenvalue weighted by atomic mass is 32.2. The molecule has 0 radical (unpaired) electrons. The molecule has 3 nitrogen and oxygen atoms in total. The summed E-state index contributed by atoms with van der Waals surface area (Å²) in [7, 11) is 0. The highest BCUT2D eigenvalue weighted by molar-refractivity contribution is 7.99. The van der Waals surface area contributed by atoms with Gasteiger partial charge in [0.25, 0.3) is 0 Å². The van der Waals surface area contributed by atoms with Gasteiger partial charge in [-0.1, -0.05) is 18.2 Å². The number of aliphatic hydroxyl groups excluding tert-OH is 1. The molecule has 0 aliphatic rings. The molecule has 0 aliphatic carbocycles. The van der Waals surface area contributed by atoms with Gasteiger partial charge < -0.3 is 10.4 Å². The molecule has 112 valence electrons. The topological polar surface area (TPSA) is 49.3 Å². The number of amides is 1. The average molecular weight is 313 g/mol. The van der Waals surface area contributed by atoms with E-state index in [2.05, 4.69) is 17.4 Å². The minimum Gasteiger partial charge on any atom is -0.395 e. The third-order valence-corrected chi connectivity index (χ3v) is 5.25. The predicted octanol–water partition coefficient (Wildman–Crippen LogP) is 2.79. The third kappa shape index (κ3) is 6.68. The molecule has 1 rings (SSSR count). The first-order valence-electron chi connectivity index (χ1n) is 6.78. The van der Waals surface area contributed by atoms with Gasteiger partial charge in [0, 0.05) is 22.6 Å². The fraction of sp³-hybridized carbons (Fsp3) is 0.533. The van der Waals surface area contributed by atoms with Crippen molar-refractivity contribution in [1.82, 2.24) is 5.32 Å². The molecule has 2 N–H and O–H groups in total. The summed E-state index contributed by atoms with van der Waals surface area (Å²) < 4.78 is 0. The molecule has 1 amide bonds. The highest BCUT2D eigenvalue weighted by Crippen LogP contribution is 2.18. The summed E-state index contributed by atoms with van der Waals surface area (Å²) in [6.07, 6.45) is 3.35. The monoisotopic (exact) mass is 313 g/mol. The summed E-state index contributed by atoms with van der Waals surface area (Å²) in [6.45, 7) is 2.03. The molecule has 2 atom stereocenters. The van der Waals surface area contributed by atoms with Crippen LogP contribution in [0.3, 0.4) is 0 Å². The highest BCUT2D eigenvalue weighted by Gasteiger charge is 2.16. The maximum Gasteiger partial charge on any atom is 0.220 e. The van der Waals surface area contributed by atoms with Gasteiger partial charge in [-0.2, -0.15) is 11.8 Å². The maximum atomic E-state index is 11.8. The van der Waals surface area contributed by atoms with Crippen LogP contribution in [0.5, 0.6) is 0 Å². The van der Waals surface area contributed by atoms with Crippen LogP contribution in [0, 0.1) is 0 Å². The van der Waals surface area contributed by atoms with Crippen LogP contribution in [0.15, 0.2) is 35.2 Å². The molecular weight excluding hydrogens is 290 g/mol. The fourth-order valence-electron chi connectivity index (χ4n) is 1.80. The molecule has 0 aliphatic heterocycles. The van der Waals surface area contributed by atoms with Gasteiger partial charge in [0.1, 0.15) is 0 Å². The molecule has 0 saturated carbocycles. The maximum absolute atomic E-state index is 11.8. The molecule has 1 aromatic rings. The van der Waals surface area contributed by atoms with Gasteiger partial charge in [0.2, 0.25) is 5.91 Å². The van der Waals surface area contributed by atoms with Crippen molar-refractivity contribution >= 4 is 29.4 Å². The molecule has 5 heteroatoms. The van der Waals surface area contributed by atoms with Crippen LogP contribution < -0.4 is 5.32 Å². The quantitative estimate of drug-likeness (QED) is 0.544. The van der Waals surface area contributed by atoms with Crippen LogP contribution in [0.1, 0.15) is 19.8 Å². The van der Waals surface area contributed by atoms with Gasteiger partial charge in [0.15, 0.2) is 0 Å². The van der Waals surface area contributed by atoms with Crippen LogP contribution in [0.2, 0.25) is 0 Å². The molecule has 0 saturated heterocycles. The van der Waals surface area contributed by atoms with Gasteiger partial charge >= 0.3 is 0 Å². The average Bonchev–Trinajstić information content (AvgIpc) is 2.46. The Hall–Kier alpha value is -0.650. The zero-order valence-electron chi connectivity index (χ0n) is 12.0. The number of nitrogens with one attached hydrogen (secondary N) is 1. The van der Waals surface area contributed by atoms with E-state index < -0.39 is 0 Å². The van der Waals surface area contributed by atoms with Crippen molar-refractivity contribution in [2.75, 3.05) is 18.6 Å². The Labute approximate surface area is 129 Å². The summed E-state index contributed by atoms with van der Waals surface area (Å²) in [5, 5.41) is 12.2. The van der Waals surface area contributed by atoms with Gasteiger partial charge in [-0.15, -0.1) is 11.8 Å². The zero-order chi connectivity index (χ0) is 14.8. The van der Waals surface area contributed by atoms with Crippen molar-refractivity contribution in [3.8, 4) is 0 Å². The molecule has 0 fully saturated rings. The van der Waals surface area contributed by atoms with Crippen molar-refractivity contribution in [2.24, 2.45) is 0 Å². The molecule has 1 aromatic carbocycles. The lowest BCUT2D eigenvalue weighted by molar-refractivity contribution is -0.121. The second kappa shape index (κ2) is 10.1. The van der Waals surface area contributed by atoms with Crippen LogP contribution in [0.25, 0.3) is 0 Å². The van der Waals surface area contributed by atoms with E-state index in [0.29, 0.717) is 6.42 Å². The van der Waals surface area contributed by atoms with E-state index in [9.17, 15) is 9.90 Å². The molecule has 0 aromatic heterocycles. The Kier molecular flexibility index (Phi) is 8.82. The van der Waals surface area contributed by atoms with E-state index in [1.165, 1.54) is 4.90 Å². The van der Waals surface area contributed by atoms with Gasteiger partial charge in [-0.05, 0) is 37.5 Å². The van der Waals surface area contributed by atoms with Crippen molar-refractivity contribution in [3.63, 3.8) is 0 Å². The molecular formula is C15H23NO2S2. The first-order chi connectivity index (χ1) is 9.67. The molecule has 2 unspecified atom stereocenters. The number of hydrogen-bond donors (Lipinski definition) is 2. The van der Waals surface area contributed by atoms with E-state index in [1.54, 1.807) is 23.5 Å². The van der Waals surface area contributed by atoms with Crippen molar-refractivity contribution in [2.45, 2.75) is 36.0 Å². The number of carbonyl (C=O) groups excluding carboxylic acids is 1. The van der Waals surface area contributed by atoms with Crippen LogP contribution in [-0.2, 0) is 4.79 Å². The van der Waals surface area contributed by atoms with Crippen LogP contribution in [0.4, 0.5) is 0 Å². The fourth-order valence-corrected chi connectivity index (χ4v) is 3.29. The van der Waals surface area contributed by atoms with Gasteiger partial charge in [-0.3, -0.25) is 4.79 Å². The number of benzene rings is 1. The first-order valence-corrected chi connectivity index (χ1v) is 9.05. The Morgan fingerprint density at radius 3 is 2.65 bits per heavy atom. The Morgan fingerprint density at radius 2 is 2.05 bits per heavy atom. The lowest BCUT2D eigenvalue weighted by Crippen LogP contribution is -2.41. The standard InChI is InChI=1S/C15H23NO2S2/c1-12(14(11-17)19-2)16-15(18)9-6-10-20-13-7-4-3-5-8-13/h3-5,7-8,12,14,17H,6,9-11H2,1-2H3,(H,16,18). The second-order valence-corrected chi connectivity index (χ2v) is 6.82. The number of hydrogen-bond acceptors (Lipinski definition) is 4. The Bertz CT molecular complexity index is 383. The SMILES string of the molecule is CSC(CO)C(C)NC(=O)CCCSc1ccccc1. The normalized spacial score (nSPS) is 13.8. The number of aliphatic hydroxyl groups is 1. The van der Waals surface area contributed by atoms with Crippen LogP contribution >= 0.6 is 23.5 Å². The van der Waals surface area contributed by atoms with E-state index in [0.717, 1.165) is 12.2 Å². The predicted molar refractivity (Wildman–Crippen MR) is 88.4 cm³/mol. The largest absolute Gasteiger partial charge is 0.395 e. The van der Waals surface area contributed by atoms with Gasteiger partial charge in [0.05, 0.1) is 6.61 Å². The summed E-state index contributed by atoms with van der Waals surface area (Å²) in [5.74, 6) is 1.01. The van der Waals surface area contributed by atoms with Crippen molar-refractivity contribution in [1.29, 1.82) is 0 Å². The number of thioether (sulfide) groups is 2. The lowest BCUT2D eigenvalue weighted by atomic mass is 10.2. The zero-order valence-corrected chi connectivity index (χ0v) is 13.7. The van der Waals surface area contributed by atoms with Gasteiger partial charge in [-0.25, -0.2) is 0 Å². The molecule has 0 heterocycles. The number of rotatable bonds is 9. The third-order valence-electron chi connectivity index (χ3n) is 2.99. The second-order valence-electron chi connectivity index (χ2n) is 4.58. The Balaban J connectivity index is 2.17. The van der Waals surface area contributed by atoms with Crippen LogP contribution in [-0.4, -0.2) is 40.9 Å². The number of carbonyl (C=O) groups is 1. The molecule has 20 heavy (non-hydrogen) atoms. The Morgan fingerprint density at radius 1 is 1.35 bits per heavy atom. The smallest absolute Gasteiger partial charge is 0.220 e. The van der Waals surface area contributed by atoms with E-state index in [4.69, 9.17) is 0 Å².